The molecule has 2 aromatic carbocycles. The van der Waals surface area contributed by atoms with Gasteiger partial charge in [0.1, 0.15) is 11.4 Å². The van der Waals surface area contributed by atoms with Crippen LogP contribution in [0.4, 0.5) is 5.69 Å². The van der Waals surface area contributed by atoms with Crippen LogP contribution in [0.25, 0.3) is 0 Å². The lowest BCUT2D eigenvalue weighted by molar-refractivity contribution is 0.0759. The van der Waals surface area contributed by atoms with Gasteiger partial charge in [-0.25, -0.2) is 0 Å². The number of rotatable bonds is 3. The lowest BCUT2D eigenvalue weighted by Crippen LogP contribution is -2.37. The number of para-hydroxylation sites is 1. The van der Waals surface area contributed by atoms with Crippen molar-refractivity contribution in [3.05, 3.63) is 59.7 Å². The van der Waals surface area contributed by atoms with Crippen LogP contribution in [0, 0.1) is 0 Å². The Labute approximate surface area is 127 Å². The number of aryl methyl sites for hydroxylation is 1. The van der Waals surface area contributed by atoms with Gasteiger partial charge < -0.3 is 10.1 Å². The molecule has 0 saturated heterocycles. The predicted molar refractivity (Wildman–Crippen MR) is 87.9 cm³/mol. The molecule has 21 heavy (non-hydrogen) atoms. The summed E-state index contributed by atoms with van der Waals surface area (Å²) in [5.74, 6) is 0.997. The molecule has 3 rings (SSSR count). The zero-order valence-electron chi connectivity index (χ0n) is 13.0. The molecule has 110 valence electrons. The second-order valence-electron chi connectivity index (χ2n) is 6.35. The molecule has 2 nitrogen and oxygen atoms in total. The fraction of sp³-hybridized carbons (Fsp3) is 0.368. The number of anilines is 1. The maximum Gasteiger partial charge on any atom is 0.125 e. The third-order valence-corrected chi connectivity index (χ3v) is 4.08. The number of nitrogens with one attached hydrogen (secondary N) is 1. The highest BCUT2D eigenvalue weighted by molar-refractivity contribution is 5.50. The molecule has 1 atom stereocenters. The summed E-state index contributed by atoms with van der Waals surface area (Å²) in [5, 5.41) is 3.66. The minimum atomic E-state index is -0.143. The van der Waals surface area contributed by atoms with Gasteiger partial charge in [-0.05, 0) is 44.0 Å². The van der Waals surface area contributed by atoms with E-state index in [2.05, 4.69) is 68.6 Å². The van der Waals surface area contributed by atoms with E-state index in [1.807, 2.05) is 6.07 Å². The minimum Gasteiger partial charge on any atom is -0.487 e. The largest absolute Gasteiger partial charge is 0.487 e. The number of hydrogen-bond acceptors (Lipinski definition) is 2. The second-order valence-corrected chi connectivity index (χ2v) is 6.35. The van der Waals surface area contributed by atoms with Gasteiger partial charge in [0, 0.05) is 17.7 Å². The Morgan fingerprint density at radius 3 is 2.52 bits per heavy atom. The van der Waals surface area contributed by atoms with Crippen molar-refractivity contribution in [2.75, 3.05) is 5.32 Å². The van der Waals surface area contributed by atoms with E-state index in [9.17, 15) is 0 Å². The molecule has 1 aliphatic heterocycles. The minimum absolute atomic E-state index is 0.143. The summed E-state index contributed by atoms with van der Waals surface area (Å²) in [7, 11) is 0. The Hall–Kier alpha value is -1.96. The SMILES string of the molecule is CCc1ccc(NC2CC(C)(C)Oc3ccccc32)cc1. The standard InChI is InChI=1S/C19H23NO/c1-4-14-9-11-15(12-10-14)20-17-13-19(2,3)21-18-8-6-5-7-16(17)18/h5-12,17,20H,4,13H2,1-3H3. The van der Waals surface area contributed by atoms with Gasteiger partial charge in [-0.2, -0.15) is 0 Å². The zero-order valence-corrected chi connectivity index (χ0v) is 13.0. The van der Waals surface area contributed by atoms with Gasteiger partial charge >= 0.3 is 0 Å². The average Bonchev–Trinajstić information content (AvgIpc) is 2.47. The Morgan fingerprint density at radius 2 is 1.81 bits per heavy atom. The molecule has 1 heterocycles. The van der Waals surface area contributed by atoms with Gasteiger partial charge in [-0.1, -0.05) is 37.3 Å². The third kappa shape index (κ3) is 3.05. The van der Waals surface area contributed by atoms with Crippen molar-refractivity contribution in [2.24, 2.45) is 0 Å². The van der Waals surface area contributed by atoms with Crippen LogP contribution in [0.3, 0.4) is 0 Å². The van der Waals surface area contributed by atoms with Crippen molar-refractivity contribution in [1.29, 1.82) is 0 Å². The Bertz CT molecular complexity index is 616. The highest BCUT2D eigenvalue weighted by Gasteiger charge is 2.33. The fourth-order valence-electron chi connectivity index (χ4n) is 2.97. The maximum atomic E-state index is 6.08. The molecule has 0 radical (unpaired) electrons. The summed E-state index contributed by atoms with van der Waals surface area (Å²) >= 11 is 0. The van der Waals surface area contributed by atoms with Crippen LogP contribution in [0.1, 0.15) is 44.4 Å². The van der Waals surface area contributed by atoms with Gasteiger partial charge in [-0.3, -0.25) is 0 Å². The van der Waals surface area contributed by atoms with E-state index >= 15 is 0 Å². The summed E-state index contributed by atoms with van der Waals surface area (Å²) < 4.78 is 6.08. The number of ether oxygens (including phenoxy) is 1. The van der Waals surface area contributed by atoms with Crippen LogP contribution < -0.4 is 10.1 Å². The molecule has 0 amide bonds. The van der Waals surface area contributed by atoms with Crippen molar-refractivity contribution in [3.63, 3.8) is 0 Å². The summed E-state index contributed by atoms with van der Waals surface area (Å²) in [6.45, 7) is 6.48. The van der Waals surface area contributed by atoms with Crippen LogP contribution in [-0.4, -0.2) is 5.60 Å². The molecule has 1 N–H and O–H groups in total. The molecule has 0 saturated carbocycles. The molecule has 0 fully saturated rings. The van der Waals surface area contributed by atoms with Crippen LogP contribution in [0.2, 0.25) is 0 Å². The molecule has 0 aromatic heterocycles. The summed E-state index contributed by atoms with van der Waals surface area (Å²) in [4.78, 5) is 0. The number of fused-ring (bicyclic) bond motifs is 1. The van der Waals surface area contributed by atoms with Crippen molar-refractivity contribution in [3.8, 4) is 5.75 Å². The normalized spacial score (nSPS) is 19.5. The van der Waals surface area contributed by atoms with Crippen LogP contribution in [0.15, 0.2) is 48.5 Å². The monoisotopic (exact) mass is 281 g/mol. The van der Waals surface area contributed by atoms with E-state index in [4.69, 9.17) is 4.74 Å². The smallest absolute Gasteiger partial charge is 0.125 e. The highest BCUT2D eigenvalue weighted by atomic mass is 16.5. The Morgan fingerprint density at radius 1 is 1.10 bits per heavy atom. The Balaban J connectivity index is 1.87. The van der Waals surface area contributed by atoms with Crippen LogP contribution in [-0.2, 0) is 6.42 Å². The highest BCUT2D eigenvalue weighted by Crippen LogP contribution is 2.40. The summed E-state index contributed by atoms with van der Waals surface area (Å²) in [6.07, 6.45) is 2.03. The van der Waals surface area contributed by atoms with Crippen molar-refractivity contribution < 1.29 is 4.74 Å². The molecule has 1 aliphatic rings. The summed E-state index contributed by atoms with van der Waals surface area (Å²) in [6, 6.07) is 17.3. The van der Waals surface area contributed by atoms with Crippen LogP contribution in [0.5, 0.6) is 5.75 Å². The van der Waals surface area contributed by atoms with Crippen molar-refractivity contribution in [2.45, 2.75) is 45.3 Å². The van der Waals surface area contributed by atoms with E-state index in [0.29, 0.717) is 0 Å². The van der Waals surface area contributed by atoms with E-state index < -0.39 is 0 Å². The molecular weight excluding hydrogens is 258 g/mol. The number of hydrogen-bond donors (Lipinski definition) is 1. The van der Waals surface area contributed by atoms with E-state index in [1.54, 1.807) is 0 Å². The molecular formula is C19H23NO. The predicted octanol–water partition coefficient (Wildman–Crippen LogP) is 4.96. The first-order valence-corrected chi connectivity index (χ1v) is 7.71. The Kier molecular flexibility index (Phi) is 3.62. The van der Waals surface area contributed by atoms with Gasteiger partial charge in [-0.15, -0.1) is 0 Å². The molecule has 0 spiro atoms. The lowest BCUT2D eigenvalue weighted by atomic mass is 9.89. The third-order valence-electron chi connectivity index (χ3n) is 4.08. The molecule has 0 bridgehead atoms. The maximum absolute atomic E-state index is 6.08. The molecule has 2 heteroatoms. The first kappa shape index (κ1) is 14.0. The lowest BCUT2D eigenvalue weighted by Gasteiger charge is -2.38. The topological polar surface area (TPSA) is 21.3 Å². The van der Waals surface area contributed by atoms with E-state index in [-0.39, 0.29) is 11.6 Å². The zero-order chi connectivity index (χ0) is 14.9. The first-order valence-electron chi connectivity index (χ1n) is 7.71. The average molecular weight is 281 g/mol. The number of benzene rings is 2. The molecule has 2 aromatic rings. The van der Waals surface area contributed by atoms with E-state index in [0.717, 1.165) is 18.6 Å². The summed E-state index contributed by atoms with van der Waals surface area (Å²) in [5.41, 5.74) is 3.64. The van der Waals surface area contributed by atoms with Crippen molar-refractivity contribution in [1.82, 2.24) is 0 Å². The van der Waals surface area contributed by atoms with Gasteiger partial charge in [0.05, 0.1) is 6.04 Å². The fourth-order valence-corrected chi connectivity index (χ4v) is 2.97. The molecule has 0 aliphatic carbocycles. The quantitative estimate of drug-likeness (QED) is 0.858. The molecule has 1 unspecified atom stereocenters. The van der Waals surface area contributed by atoms with Gasteiger partial charge in [0.15, 0.2) is 0 Å². The first-order chi connectivity index (χ1) is 10.1. The second kappa shape index (κ2) is 5.44. The van der Waals surface area contributed by atoms with Crippen molar-refractivity contribution >= 4 is 5.69 Å². The van der Waals surface area contributed by atoms with Gasteiger partial charge in [0.25, 0.3) is 0 Å². The van der Waals surface area contributed by atoms with Crippen LogP contribution >= 0.6 is 0 Å². The van der Waals surface area contributed by atoms with Gasteiger partial charge in [0.2, 0.25) is 0 Å². The van der Waals surface area contributed by atoms with E-state index in [1.165, 1.54) is 16.8 Å².